The van der Waals surface area contributed by atoms with Crippen LogP contribution in [-0.2, 0) is 0 Å². The topological polar surface area (TPSA) is 84.2 Å². The van der Waals surface area contributed by atoms with Crippen molar-refractivity contribution in [3.8, 4) is 11.4 Å². The van der Waals surface area contributed by atoms with Gasteiger partial charge in [0.1, 0.15) is 11.6 Å². The fourth-order valence-corrected chi connectivity index (χ4v) is 3.31. The van der Waals surface area contributed by atoms with Gasteiger partial charge in [0.15, 0.2) is 0 Å². The Morgan fingerprint density at radius 1 is 1.32 bits per heavy atom. The molecule has 0 unspecified atom stereocenters. The zero-order valence-electron chi connectivity index (χ0n) is 15.4. The number of aryl methyl sites for hydroxylation is 1. The molecule has 0 bridgehead atoms. The van der Waals surface area contributed by atoms with Crippen LogP contribution in [0.5, 0.6) is 0 Å². The Bertz CT molecular complexity index is 990. The summed E-state index contributed by atoms with van der Waals surface area (Å²) in [6, 6.07) is 9.59. The van der Waals surface area contributed by atoms with Crippen molar-refractivity contribution in [1.29, 1.82) is 0 Å². The van der Waals surface area contributed by atoms with Crippen LogP contribution in [0.4, 0.5) is 15.0 Å². The molecule has 1 fully saturated rings. The van der Waals surface area contributed by atoms with E-state index in [0.717, 1.165) is 18.4 Å². The smallest absolute Gasteiger partial charge is 0.323 e. The van der Waals surface area contributed by atoms with Crippen LogP contribution >= 0.6 is 0 Å². The summed E-state index contributed by atoms with van der Waals surface area (Å²) in [4.78, 5) is 23.0. The summed E-state index contributed by atoms with van der Waals surface area (Å²) in [6.07, 6.45) is 3.32. The zero-order valence-corrected chi connectivity index (χ0v) is 15.4. The van der Waals surface area contributed by atoms with Gasteiger partial charge in [-0.3, -0.25) is 5.32 Å². The fourth-order valence-electron chi connectivity index (χ4n) is 3.31. The molecule has 1 aliphatic heterocycles. The van der Waals surface area contributed by atoms with E-state index in [9.17, 15) is 9.18 Å². The number of benzene rings is 1. The molecule has 8 heteroatoms. The van der Waals surface area contributed by atoms with Crippen molar-refractivity contribution < 1.29 is 13.7 Å². The summed E-state index contributed by atoms with van der Waals surface area (Å²) in [7, 11) is 0. The number of carbonyl (C=O) groups excluding carboxylic acids is 1. The monoisotopic (exact) mass is 381 g/mol. The summed E-state index contributed by atoms with van der Waals surface area (Å²) in [5.74, 6) is 0.958. The van der Waals surface area contributed by atoms with Gasteiger partial charge in [-0.25, -0.2) is 14.2 Å². The first kappa shape index (κ1) is 18.1. The van der Waals surface area contributed by atoms with Gasteiger partial charge >= 0.3 is 6.03 Å². The number of hydrogen-bond donors (Lipinski definition) is 1. The minimum atomic E-state index is -0.353. The third kappa shape index (κ3) is 3.85. The molecule has 1 N–H and O–H groups in total. The predicted octanol–water partition coefficient (Wildman–Crippen LogP) is 3.99. The van der Waals surface area contributed by atoms with Crippen molar-refractivity contribution in [2.45, 2.75) is 25.7 Å². The van der Waals surface area contributed by atoms with E-state index in [0.29, 0.717) is 36.2 Å². The van der Waals surface area contributed by atoms with Gasteiger partial charge < -0.3 is 9.42 Å². The van der Waals surface area contributed by atoms with Gasteiger partial charge in [0.25, 0.3) is 0 Å². The summed E-state index contributed by atoms with van der Waals surface area (Å²) in [6.45, 7) is 3.02. The average molecular weight is 381 g/mol. The van der Waals surface area contributed by atoms with Gasteiger partial charge in [-0.05, 0) is 43.5 Å². The second-order valence-electron chi connectivity index (χ2n) is 6.85. The van der Waals surface area contributed by atoms with Gasteiger partial charge in [-0.2, -0.15) is 4.98 Å². The number of aromatic nitrogens is 3. The number of anilines is 1. The number of likely N-dealkylation sites (tertiary alicyclic amines) is 1. The number of urea groups is 1. The minimum Gasteiger partial charge on any atom is -0.339 e. The molecular formula is C20H20FN5O2. The lowest BCUT2D eigenvalue weighted by Gasteiger charge is -2.31. The Labute approximate surface area is 161 Å². The number of halogens is 1. The first-order valence-electron chi connectivity index (χ1n) is 9.17. The highest BCUT2D eigenvalue weighted by molar-refractivity contribution is 5.89. The van der Waals surface area contributed by atoms with Crippen LogP contribution in [0.3, 0.4) is 0 Å². The van der Waals surface area contributed by atoms with Crippen molar-refractivity contribution in [3.63, 3.8) is 0 Å². The second kappa shape index (κ2) is 7.75. The van der Waals surface area contributed by atoms with E-state index < -0.39 is 0 Å². The zero-order chi connectivity index (χ0) is 19.5. The first-order valence-corrected chi connectivity index (χ1v) is 9.17. The molecule has 0 aliphatic carbocycles. The normalized spacial score (nSPS) is 16.8. The molecule has 0 radical (unpaired) electrons. The molecule has 144 valence electrons. The summed E-state index contributed by atoms with van der Waals surface area (Å²) in [5, 5.41) is 6.83. The SMILES string of the molecule is Cc1cccnc1NC(=O)N1CCC[C@@H](c2nc(-c3cccc(F)c3)no2)C1. The van der Waals surface area contributed by atoms with Crippen LogP contribution < -0.4 is 5.32 Å². The van der Waals surface area contributed by atoms with Crippen LogP contribution in [0.1, 0.15) is 30.2 Å². The Hall–Kier alpha value is -3.29. The molecule has 0 spiro atoms. The van der Waals surface area contributed by atoms with Crippen molar-refractivity contribution in [2.75, 3.05) is 18.4 Å². The summed E-state index contributed by atoms with van der Waals surface area (Å²) < 4.78 is 18.8. The van der Waals surface area contributed by atoms with Gasteiger partial charge in [0.05, 0.1) is 5.92 Å². The summed E-state index contributed by atoms with van der Waals surface area (Å²) >= 11 is 0. The number of carbonyl (C=O) groups is 1. The van der Waals surface area contributed by atoms with Crippen molar-refractivity contribution in [3.05, 3.63) is 59.9 Å². The van der Waals surface area contributed by atoms with E-state index in [2.05, 4.69) is 20.4 Å². The van der Waals surface area contributed by atoms with Crippen LogP contribution in [0.25, 0.3) is 11.4 Å². The van der Waals surface area contributed by atoms with Crippen molar-refractivity contribution in [1.82, 2.24) is 20.0 Å². The third-order valence-electron chi connectivity index (χ3n) is 4.82. The van der Waals surface area contributed by atoms with Gasteiger partial charge in [-0.1, -0.05) is 23.4 Å². The molecule has 3 aromatic rings. The molecule has 0 saturated carbocycles. The molecule has 1 saturated heterocycles. The molecule has 3 heterocycles. The molecule has 1 atom stereocenters. The van der Waals surface area contributed by atoms with Crippen molar-refractivity contribution in [2.24, 2.45) is 0 Å². The first-order chi connectivity index (χ1) is 13.6. The highest BCUT2D eigenvalue weighted by Gasteiger charge is 2.29. The number of nitrogens with one attached hydrogen (secondary N) is 1. The number of amides is 2. The van der Waals surface area contributed by atoms with E-state index in [1.54, 1.807) is 23.2 Å². The molecule has 4 rings (SSSR count). The molecular weight excluding hydrogens is 361 g/mol. The molecule has 1 aliphatic rings. The van der Waals surface area contributed by atoms with E-state index in [1.165, 1.54) is 12.1 Å². The highest BCUT2D eigenvalue weighted by Crippen LogP contribution is 2.28. The molecule has 2 amide bonds. The fraction of sp³-hybridized carbons (Fsp3) is 0.300. The van der Waals surface area contributed by atoms with E-state index >= 15 is 0 Å². The van der Waals surface area contributed by atoms with Gasteiger partial charge in [-0.15, -0.1) is 0 Å². The maximum absolute atomic E-state index is 13.4. The predicted molar refractivity (Wildman–Crippen MR) is 101 cm³/mol. The number of hydrogen-bond acceptors (Lipinski definition) is 5. The largest absolute Gasteiger partial charge is 0.339 e. The molecule has 7 nitrogen and oxygen atoms in total. The molecule has 1 aromatic carbocycles. The Balaban J connectivity index is 1.45. The Morgan fingerprint density at radius 3 is 3.04 bits per heavy atom. The Kier molecular flexibility index (Phi) is 5.01. The quantitative estimate of drug-likeness (QED) is 0.742. The standard InChI is InChI=1S/C20H20FN5O2/c1-13-5-3-9-22-17(13)24-20(27)26-10-4-7-15(12-26)19-23-18(25-28-19)14-6-2-8-16(21)11-14/h2-3,5-6,8-9,11,15H,4,7,10,12H2,1H3,(H,22,24,27)/t15-/m1/s1. The number of pyridine rings is 1. The molecule has 2 aromatic heterocycles. The lowest BCUT2D eigenvalue weighted by molar-refractivity contribution is 0.184. The van der Waals surface area contributed by atoms with E-state index in [4.69, 9.17) is 4.52 Å². The highest BCUT2D eigenvalue weighted by atomic mass is 19.1. The van der Waals surface area contributed by atoms with Crippen molar-refractivity contribution >= 4 is 11.8 Å². The van der Waals surface area contributed by atoms with Crippen LogP contribution in [0, 0.1) is 12.7 Å². The lowest BCUT2D eigenvalue weighted by Crippen LogP contribution is -2.41. The minimum absolute atomic E-state index is 0.0564. The summed E-state index contributed by atoms with van der Waals surface area (Å²) in [5.41, 5.74) is 1.46. The van der Waals surface area contributed by atoms with E-state index in [1.807, 2.05) is 19.1 Å². The maximum Gasteiger partial charge on any atom is 0.323 e. The van der Waals surface area contributed by atoms with Gasteiger partial charge in [0.2, 0.25) is 11.7 Å². The Morgan fingerprint density at radius 2 is 2.21 bits per heavy atom. The molecule has 28 heavy (non-hydrogen) atoms. The number of nitrogens with zero attached hydrogens (tertiary/aromatic N) is 4. The second-order valence-corrected chi connectivity index (χ2v) is 6.85. The third-order valence-corrected chi connectivity index (χ3v) is 4.82. The van der Waals surface area contributed by atoms with Crippen LogP contribution in [0.15, 0.2) is 47.1 Å². The van der Waals surface area contributed by atoms with Crippen LogP contribution in [-0.4, -0.2) is 39.1 Å². The maximum atomic E-state index is 13.4. The average Bonchev–Trinajstić information content (AvgIpc) is 3.20. The number of rotatable bonds is 3. The van der Waals surface area contributed by atoms with Crippen LogP contribution in [0.2, 0.25) is 0 Å². The lowest BCUT2D eigenvalue weighted by atomic mass is 9.98. The number of piperidine rings is 1. The van der Waals surface area contributed by atoms with Gasteiger partial charge in [0, 0.05) is 24.8 Å². The van der Waals surface area contributed by atoms with E-state index in [-0.39, 0.29) is 17.8 Å².